The van der Waals surface area contributed by atoms with Gasteiger partial charge in [0.1, 0.15) is 9.84 Å². The van der Waals surface area contributed by atoms with Crippen LogP contribution in [0.3, 0.4) is 0 Å². The first-order valence-electron chi connectivity index (χ1n) is 7.93. The maximum atomic E-state index is 12.2. The molecule has 2 aliphatic carbocycles. The van der Waals surface area contributed by atoms with Gasteiger partial charge in [-0.25, -0.2) is 8.42 Å². The summed E-state index contributed by atoms with van der Waals surface area (Å²) in [6.45, 7) is 1.05. The second-order valence-corrected chi connectivity index (χ2v) is 9.43. The van der Waals surface area contributed by atoms with E-state index in [0.717, 1.165) is 38.5 Å². The van der Waals surface area contributed by atoms with Crippen LogP contribution in [0.15, 0.2) is 0 Å². The van der Waals surface area contributed by atoms with Gasteiger partial charge in [0.25, 0.3) is 0 Å². The second kappa shape index (κ2) is 7.49. The van der Waals surface area contributed by atoms with Gasteiger partial charge < -0.3 is 11.1 Å². The van der Waals surface area contributed by atoms with E-state index in [1.165, 1.54) is 12.7 Å². The highest BCUT2D eigenvalue weighted by Crippen LogP contribution is 2.46. The quantitative estimate of drug-likeness (QED) is 0.729. The lowest BCUT2D eigenvalue weighted by atomic mass is 9.71. The molecule has 0 spiro atoms. The first-order chi connectivity index (χ1) is 9.78. The minimum atomic E-state index is -2.98. The minimum absolute atomic E-state index is 0. The van der Waals surface area contributed by atoms with Crippen LogP contribution < -0.4 is 11.1 Å². The summed E-state index contributed by atoms with van der Waals surface area (Å²) in [7, 11) is -2.98. The average molecular weight is 353 g/mol. The van der Waals surface area contributed by atoms with Crippen molar-refractivity contribution in [3.05, 3.63) is 0 Å². The molecular weight excluding hydrogens is 324 g/mol. The van der Waals surface area contributed by atoms with Gasteiger partial charge >= 0.3 is 0 Å². The molecule has 0 aromatic carbocycles. The number of halogens is 1. The van der Waals surface area contributed by atoms with Gasteiger partial charge in [-0.2, -0.15) is 0 Å². The number of sulfone groups is 1. The molecule has 0 aliphatic heterocycles. The summed E-state index contributed by atoms with van der Waals surface area (Å²) >= 11 is 0. The first kappa shape index (κ1) is 19.7. The van der Waals surface area contributed by atoms with Crippen LogP contribution in [-0.4, -0.2) is 39.4 Å². The van der Waals surface area contributed by atoms with Crippen molar-refractivity contribution < 1.29 is 13.2 Å². The van der Waals surface area contributed by atoms with Crippen LogP contribution in [0, 0.1) is 10.8 Å². The summed E-state index contributed by atoms with van der Waals surface area (Å²) in [5.41, 5.74) is 5.67. The van der Waals surface area contributed by atoms with E-state index in [9.17, 15) is 13.2 Å². The van der Waals surface area contributed by atoms with Crippen LogP contribution in [0.25, 0.3) is 0 Å². The van der Waals surface area contributed by atoms with Gasteiger partial charge in [0.2, 0.25) is 5.91 Å². The Labute approximate surface area is 140 Å². The van der Waals surface area contributed by atoms with E-state index in [1.54, 1.807) is 0 Å². The predicted molar refractivity (Wildman–Crippen MR) is 90.8 cm³/mol. The number of carbonyl (C=O) groups excluding carboxylic acids is 1. The number of rotatable bonds is 7. The standard InChI is InChI=1S/C15H28N2O3S.ClH/c1-21(19,20)12-15(7-8-15)11-17-13(18)9-14(10-16)5-3-2-4-6-14;/h2-12,16H2,1H3,(H,17,18);1H. The van der Waals surface area contributed by atoms with Gasteiger partial charge in [-0.1, -0.05) is 19.3 Å². The Kier molecular flexibility index (Phi) is 6.72. The Morgan fingerprint density at radius 2 is 1.68 bits per heavy atom. The zero-order valence-corrected chi connectivity index (χ0v) is 15.0. The molecule has 5 nitrogen and oxygen atoms in total. The smallest absolute Gasteiger partial charge is 0.220 e. The average Bonchev–Trinajstić information content (AvgIpc) is 3.15. The maximum absolute atomic E-state index is 12.2. The lowest BCUT2D eigenvalue weighted by molar-refractivity contribution is -0.124. The molecular formula is C15H29ClN2O3S. The summed E-state index contributed by atoms with van der Waals surface area (Å²) < 4.78 is 22.8. The Morgan fingerprint density at radius 1 is 1.09 bits per heavy atom. The zero-order valence-electron chi connectivity index (χ0n) is 13.4. The Bertz CT molecular complexity index is 483. The Morgan fingerprint density at radius 3 is 2.14 bits per heavy atom. The normalized spacial score (nSPS) is 22.5. The van der Waals surface area contributed by atoms with Crippen molar-refractivity contribution in [2.45, 2.75) is 51.4 Å². The number of nitrogens with one attached hydrogen (secondary N) is 1. The van der Waals surface area contributed by atoms with E-state index in [-0.39, 0.29) is 34.9 Å². The number of carbonyl (C=O) groups is 1. The molecule has 0 atom stereocenters. The predicted octanol–water partition coefficient (Wildman–Crippen LogP) is 1.65. The SMILES string of the molecule is CS(=O)(=O)CC1(CNC(=O)CC2(CN)CCCCC2)CC1.Cl. The van der Waals surface area contributed by atoms with E-state index in [0.29, 0.717) is 19.5 Å². The summed E-state index contributed by atoms with van der Waals surface area (Å²) in [5.74, 6) is 0.213. The molecule has 0 aromatic rings. The molecule has 3 N–H and O–H groups in total. The molecule has 0 bridgehead atoms. The zero-order chi connectivity index (χ0) is 15.6. The fourth-order valence-electron chi connectivity index (χ4n) is 3.55. The van der Waals surface area contributed by atoms with Crippen molar-refractivity contribution >= 4 is 28.2 Å². The van der Waals surface area contributed by atoms with Crippen molar-refractivity contribution in [1.29, 1.82) is 0 Å². The van der Waals surface area contributed by atoms with Gasteiger partial charge in [-0.05, 0) is 37.6 Å². The van der Waals surface area contributed by atoms with Gasteiger partial charge in [0.05, 0.1) is 5.75 Å². The van der Waals surface area contributed by atoms with Gasteiger partial charge in [0.15, 0.2) is 0 Å². The van der Waals surface area contributed by atoms with E-state index < -0.39 is 9.84 Å². The summed E-state index contributed by atoms with van der Waals surface area (Å²) in [5, 5.41) is 2.96. The molecule has 130 valence electrons. The van der Waals surface area contributed by atoms with Gasteiger partial charge in [0, 0.05) is 24.6 Å². The van der Waals surface area contributed by atoms with Crippen LogP contribution in [0.1, 0.15) is 51.4 Å². The molecule has 0 aromatic heterocycles. The van der Waals surface area contributed by atoms with Gasteiger partial charge in [-0.15, -0.1) is 12.4 Å². The van der Waals surface area contributed by atoms with Crippen molar-refractivity contribution in [1.82, 2.24) is 5.32 Å². The Hall–Kier alpha value is -0.330. The fraction of sp³-hybridized carbons (Fsp3) is 0.933. The highest BCUT2D eigenvalue weighted by molar-refractivity contribution is 7.90. The highest BCUT2D eigenvalue weighted by Gasteiger charge is 2.45. The molecule has 0 unspecified atom stereocenters. The van der Waals surface area contributed by atoms with Crippen LogP contribution in [-0.2, 0) is 14.6 Å². The third-order valence-corrected chi connectivity index (χ3v) is 6.21. The monoisotopic (exact) mass is 352 g/mol. The van der Waals surface area contributed by atoms with Crippen LogP contribution in [0.2, 0.25) is 0 Å². The molecule has 2 fully saturated rings. The number of nitrogens with two attached hydrogens (primary N) is 1. The molecule has 1 amide bonds. The lowest BCUT2D eigenvalue weighted by Crippen LogP contribution is -2.40. The summed E-state index contributed by atoms with van der Waals surface area (Å²) in [6.07, 6.45) is 9.15. The topological polar surface area (TPSA) is 89.3 Å². The third kappa shape index (κ3) is 5.70. The molecule has 2 saturated carbocycles. The highest BCUT2D eigenvalue weighted by atomic mass is 35.5. The molecule has 2 aliphatic rings. The third-order valence-electron chi connectivity index (χ3n) is 5.07. The maximum Gasteiger partial charge on any atom is 0.220 e. The molecule has 0 saturated heterocycles. The molecule has 0 heterocycles. The van der Waals surface area contributed by atoms with Crippen molar-refractivity contribution in [2.75, 3.05) is 25.1 Å². The largest absolute Gasteiger partial charge is 0.355 e. The van der Waals surface area contributed by atoms with Crippen molar-refractivity contribution in [3.8, 4) is 0 Å². The van der Waals surface area contributed by atoms with Crippen LogP contribution >= 0.6 is 12.4 Å². The lowest BCUT2D eigenvalue weighted by Gasteiger charge is -2.35. The number of hydrogen-bond donors (Lipinski definition) is 2. The molecule has 22 heavy (non-hydrogen) atoms. The first-order valence-corrected chi connectivity index (χ1v) is 9.99. The molecule has 0 radical (unpaired) electrons. The van der Waals surface area contributed by atoms with Crippen molar-refractivity contribution in [2.24, 2.45) is 16.6 Å². The summed E-state index contributed by atoms with van der Waals surface area (Å²) in [6, 6.07) is 0. The van der Waals surface area contributed by atoms with Crippen LogP contribution in [0.5, 0.6) is 0 Å². The van der Waals surface area contributed by atoms with E-state index >= 15 is 0 Å². The van der Waals surface area contributed by atoms with E-state index in [1.807, 2.05) is 0 Å². The van der Waals surface area contributed by atoms with Gasteiger partial charge in [-0.3, -0.25) is 4.79 Å². The van der Waals surface area contributed by atoms with E-state index in [4.69, 9.17) is 5.73 Å². The van der Waals surface area contributed by atoms with Crippen LogP contribution in [0.4, 0.5) is 0 Å². The Balaban J connectivity index is 0.00000242. The number of amides is 1. The molecule has 7 heteroatoms. The summed E-state index contributed by atoms with van der Waals surface area (Å²) in [4.78, 5) is 12.2. The minimum Gasteiger partial charge on any atom is -0.355 e. The van der Waals surface area contributed by atoms with E-state index in [2.05, 4.69) is 5.32 Å². The molecule has 2 rings (SSSR count). The number of hydrogen-bond acceptors (Lipinski definition) is 4. The second-order valence-electron chi connectivity index (χ2n) is 7.29. The van der Waals surface area contributed by atoms with Crippen molar-refractivity contribution in [3.63, 3.8) is 0 Å². The fourth-order valence-corrected chi connectivity index (χ4v) is 5.05.